The number of amides is 1. The zero-order valence-electron chi connectivity index (χ0n) is 14.8. The average molecular weight is 328 g/mol. The summed E-state index contributed by atoms with van der Waals surface area (Å²) >= 11 is 0. The molecule has 24 heavy (non-hydrogen) atoms. The second-order valence-electron chi connectivity index (χ2n) is 6.17. The molecule has 1 aromatic carbocycles. The zero-order chi connectivity index (χ0) is 17.9. The third kappa shape index (κ3) is 3.85. The van der Waals surface area contributed by atoms with Gasteiger partial charge < -0.3 is 14.6 Å². The summed E-state index contributed by atoms with van der Waals surface area (Å²) in [5, 5.41) is 2.74. The number of rotatable bonds is 5. The summed E-state index contributed by atoms with van der Waals surface area (Å²) in [6.07, 6.45) is -0.834. The van der Waals surface area contributed by atoms with E-state index in [1.54, 1.807) is 13.0 Å². The normalized spacial score (nSPS) is 12.1. The zero-order valence-corrected chi connectivity index (χ0v) is 14.8. The standard InChI is InChI=1S/C19H24N2O3/c1-12(2)20-18(22)15(5)24-19(23)17-11-13(3)21(14(17)4)16-9-7-6-8-10-16/h6-12,15H,1-5H3,(H,20,22). The number of nitrogens with zero attached hydrogens (tertiary/aromatic N) is 1. The maximum atomic E-state index is 12.4. The van der Waals surface area contributed by atoms with E-state index in [0.717, 1.165) is 17.1 Å². The summed E-state index contributed by atoms with van der Waals surface area (Å²) in [4.78, 5) is 24.4. The second kappa shape index (κ2) is 7.34. The topological polar surface area (TPSA) is 60.3 Å². The SMILES string of the molecule is Cc1cc(C(=O)OC(C)C(=O)NC(C)C)c(C)n1-c1ccccc1. The summed E-state index contributed by atoms with van der Waals surface area (Å²) in [7, 11) is 0. The molecule has 0 aliphatic heterocycles. The summed E-state index contributed by atoms with van der Waals surface area (Å²) in [6.45, 7) is 9.10. The predicted molar refractivity (Wildman–Crippen MR) is 93.4 cm³/mol. The van der Waals surface area contributed by atoms with Crippen molar-refractivity contribution in [2.75, 3.05) is 0 Å². The van der Waals surface area contributed by atoms with E-state index in [9.17, 15) is 9.59 Å². The van der Waals surface area contributed by atoms with Crippen LogP contribution in [-0.2, 0) is 9.53 Å². The Bertz CT molecular complexity index is 733. The number of ether oxygens (including phenoxy) is 1. The number of benzene rings is 1. The van der Waals surface area contributed by atoms with Gasteiger partial charge in [-0.1, -0.05) is 18.2 Å². The Morgan fingerprint density at radius 1 is 1.08 bits per heavy atom. The van der Waals surface area contributed by atoms with Crippen molar-refractivity contribution in [1.29, 1.82) is 0 Å². The Labute approximate surface area is 142 Å². The molecule has 2 aromatic rings. The average Bonchev–Trinajstić information content (AvgIpc) is 2.82. The summed E-state index contributed by atoms with van der Waals surface area (Å²) in [6, 6.07) is 11.6. The van der Waals surface area contributed by atoms with Crippen molar-refractivity contribution in [3.05, 3.63) is 53.3 Å². The molecule has 0 bridgehead atoms. The number of esters is 1. The molecule has 0 radical (unpaired) electrons. The lowest BCUT2D eigenvalue weighted by molar-refractivity contribution is -0.129. The molecule has 5 heteroatoms. The van der Waals surface area contributed by atoms with Gasteiger partial charge in [0, 0.05) is 23.1 Å². The molecular weight excluding hydrogens is 304 g/mol. The Hall–Kier alpha value is -2.56. The third-order valence-electron chi connectivity index (χ3n) is 3.75. The number of nitrogens with one attached hydrogen (secondary N) is 1. The molecule has 0 saturated carbocycles. The first-order valence-electron chi connectivity index (χ1n) is 8.07. The number of aromatic nitrogens is 1. The van der Waals surface area contributed by atoms with Crippen LogP contribution in [0.2, 0.25) is 0 Å². The van der Waals surface area contributed by atoms with E-state index in [2.05, 4.69) is 5.32 Å². The van der Waals surface area contributed by atoms with Gasteiger partial charge in [-0.25, -0.2) is 4.79 Å². The molecule has 128 valence electrons. The molecule has 1 amide bonds. The third-order valence-corrected chi connectivity index (χ3v) is 3.75. The van der Waals surface area contributed by atoms with Gasteiger partial charge in [0.2, 0.25) is 0 Å². The molecule has 0 fully saturated rings. The van der Waals surface area contributed by atoms with Crippen molar-refractivity contribution in [2.45, 2.75) is 46.8 Å². The Kier molecular flexibility index (Phi) is 5.44. The number of hydrogen-bond donors (Lipinski definition) is 1. The van der Waals surface area contributed by atoms with Crippen LogP contribution in [0.1, 0.15) is 42.5 Å². The van der Waals surface area contributed by atoms with Gasteiger partial charge in [0.05, 0.1) is 5.56 Å². The van der Waals surface area contributed by atoms with Gasteiger partial charge in [0.25, 0.3) is 5.91 Å². The monoisotopic (exact) mass is 328 g/mol. The highest BCUT2D eigenvalue weighted by molar-refractivity contribution is 5.93. The molecule has 0 spiro atoms. The second-order valence-corrected chi connectivity index (χ2v) is 6.17. The lowest BCUT2D eigenvalue weighted by atomic mass is 10.2. The van der Waals surface area contributed by atoms with Crippen molar-refractivity contribution >= 4 is 11.9 Å². The summed E-state index contributed by atoms with van der Waals surface area (Å²) in [5.41, 5.74) is 3.18. The minimum Gasteiger partial charge on any atom is -0.449 e. The van der Waals surface area contributed by atoms with Crippen LogP contribution in [0.3, 0.4) is 0 Å². The fourth-order valence-electron chi connectivity index (χ4n) is 2.62. The Morgan fingerprint density at radius 3 is 2.29 bits per heavy atom. The highest BCUT2D eigenvalue weighted by atomic mass is 16.5. The van der Waals surface area contributed by atoms with Gasteiger partial charge in [0.15, 0.2) is 6.10 Å². The van der Waals surface area contributed by atoms with E-state index >= 15 is 0 Å². The van der Waals surface area contributed by atoms with Gasteiger partial charge in [-0.15, -0.1) is 0 Å². The van der Waals surface area contributed by atoms with Gasteiger partial charge in [-0.2, -0.15) is 0 Å². The molecule has 0 saturated heterocycles. The molecule has 1 N–H and O–H groups in total. The fraction of sp³-hybridized carbons (Fsp3) is 0.368. The first-order chi connectivity index (χ1) is 11.3. The van der Waals surface area contributed by atoms with Gasteiger partial charge in [-0.05, 0) is 52.8 Å². The molecule has 1 atom stereocenters. The van der Waals surface area contributed by atoms with E-state index in [0.29, 0.717) is 5.56 Å². The number of carbonyl (C=O) groups is 2. The fourth-order valence-corrected chi connectivity index (χ4v) is 2.62. The van der Waals surface area contributed by atoms with Crippen LogP contribution in [0.4, 0.5) is 0 Å². The highest BCUT2D eigenvalue weighted by Gasteiger charge is 2.23. The van der Waals surface area contributed by atoms with Crippen molar-refractivity contribution in [3.63, 3.8) is 0 Å². The molecule has 0 aliphatic carbocycles. The lowest BCUT2D eigenvalue weighted by Gasteiger charge is -2.15. The van der Waals surface area contributed by atoms with Crippen LogP contribution in [0, 0.1) is 13.8 Å². The van der Waals surface area contributed by atoms with E-state index < -0.39 is 12.1 Å². The largest absolute Gasteiger partial charge is 0.449 e. The van der Waals surface area contributed by atoms with Crippen LogP contribution in [-0.4, -0.2) is 28.6 Å². The van der Waals surface area contributed by atoms with Crippen molar-refractivity contribution in [3.8, 4) is 5.69 Å². The minimum atomic E-state index is -0.834. The highest BCUT2D eigenvalue weighted by Crippen LogP contribution is 2.21. The van der Waals surface area contributed by atoms with Crippen LogP contribution < -0.4 is 5.32 Å². The molecule has 1 heterocycles. The van der Waals surface area contributed by atoms with Gasteiger partial charge >= 0.3 is 5.97 Å². The van der Waals surface area contributed by atoms with Crippen molar-refractivity contribution < 1.29 is 14.3 Å². The molecule has 2 rings (SSSR count). The van der Waals surface area contributed by atoms with Crippen molar-refractivity contribution in [1.82, 2.24) is 9.88 Å². The number of aryl methyl sites for hydroxylation is 1. The number of hydrogen-bond acceptors (Lipinski definition) is 3. The predicted octanol–water partition coefficient (Wildman–Crippen LogP) is 3.16. The lowest BCUT2D eigenvalue weighted by Crippen LogP contribution is -2.39. The van der Waals surface area contributed by atoms with Crippen LogP contribution >= 0.6 is 0 Å². The van der Waals surface area contributed by atoms with Gasteiger partial charge in [-0.3, -0.25) is 4.79 Å². The first kappa shape index (κ1) is 17.8. The van der Waals surface area contributed by atoms with Crippen LogP contribution in [0.15, 0.2) is 36.4 Å². The van der Waals surface area contributed by atoms with E-state index in [-0.39, 0.29) is 11.9 Å². The first-order valence-corrected chi connectivity index (χ1v) is 8.07. The molecule has 1 unspecified atom stereocenters. The van der Waals surface area contributed by atoms with E-state index in [1.165, 1.54) is 0 Å². The molecule has 1 aromatic heterocycles. The van der Waals surface area contributed by atoms with Crippen molar-refractivity contribution in [2.24, 2.45) is 0 Å². The Morgan fingerprint density at radius 2 is 1.71 bits per heavy atom. The summed E-state index contributed by atoms with van der Waals surface area (Å²) in [5.74, 6) is -0.785. The van der Waals surface area contributed by atoms with E-state index in [4.69, 9.17) is 4.74 Å². The quantitative estimate of drug-likeness (QED) is 0.858. The number of para-hydroxylation sites is 1. The number of carbonyl (C=O) groups excluding carboxylic acids is 2. The molecule has 0 aliphatic rings. The van der Waals surface area contributed by atoms with Gasteiger partial charge in [0.1, 0.15) is 0 Å². The smallest absolute Gasteiger partial charge is 0.340 e. The maximum absolute atomic E-state index is 12.4. The molecular formula is C19H24N2O3. The minimum absolute atomic E-state index is 0.00166. The van der Waals surface area contributed by atoms with Crippen LogP contribution in [0.25, 0.3) is 5.69 Å². The van der Waals surface area contributed by atoms with Crippen LogP contribution in [0.5, 0.6) is 0 Å². The van der Waals surface area contributed by atoms with E-state index in [1.807, 2.05) is 62.6 Å². The summed E-state index contributed by atoms with van der Waals surface area (Å²) < 4.78 is 7.32. The molecule has 5 nitrogen and oxygen atoms in total. The maximum Gasteiger partial charge on any atom is 0.340 e. The Balaban J connectivity index is 2.21.